The molecule has 0 aromatic carbocycles. The largest absolute Gasteiger partial charge is 0.465 e. The van der Waals surface area contributed by atoms with Crippen molar-refractivity contribution in [2.45, 2.75) is 26.4 Å². The average Bonchev–Trinajstić information content (AvgIpc) is 2.76. The van der Waals surface area contributed by atoms with Crippen LogP contribution >= 0.6 is 0 Å². The average molecular weight is 270 g/mol. The monoisotopic (exact) mass is 270 g/mol. The molecule has 1 rings (SSSR count). The second kappa shape index (κ2) is 9.09. The van der Waals surface area contributed by atoms with Crippen molar-refractivity contribution in [3.63, 3.8) is 0 Å². The Kier molecular flexibility index (Phi) is 7.74. The van der Waals surface area contributed by atoms with Gasteiger partial charge >= 0.3 is 0 Å². The van der Waals surface area contributed by atoms with Crippen LogP contribution in [0.3, 0.4) is 0 Å². The highest BCUT2D eigenvalue weighted by Gasteiger charge is 2.11. The lowest BCUT2D eigenvalue weighted by molar-refractivity contribution is 0.129. The molecule has 0 atom stereocenters. The number of methoxy groups -OCH3 is 2. The molecule has 0 spiro atoms. The molecule has 2 N–H and O–H groups in total. The number of rotatable bonds is 10. The highest BCUT2D eigenvalue weighted by Crippen LogP contribution is 2.16. The van der Waals surface area contributed by atoms with E-state index in [1.54, 1.807) is 14.2 Å². The van der Waals surface area contributed by atoms with E-state index < -0.39 is 0 Å². The predicted octanol–water partition coefficient (Wildman–Crippen LogP) is 1.53. The molecule has 1 aromatic heterocycles. The number of nitrogens with zero attached hydrogens (tertiary/aromatic N) is 1. The molecule has 0 aliphatic carbocycles. The van der Waals surface area contributed by atoms with Gasteiger partial charge in [-0.1, -0.05) is 0 Å². The molecule has 110 valence electrons. The van der Waals surface area contributed by atoms with Crippen molar-refractivity contribution >= 4 is 0 Å². The van der Waals surface area contributed by atoms with Crippen molar-refractivity contribution in [2.24, 2.45) is 5.73 Å². The van der Waals surface area contributed by atoms with Crippen LogP contribution in [-0.2, 0) is 22.6 Å². The van der Waals surface area contributed by atoms with E-state index in [2.05, 4.69) is 4.90 Å². The van der Waals surface area contributed by atoms with Gasteiger partial charge in [0.25, 0.3) is 0 Å². The first-order chi connectivity index (χ1) is 9.21. The summed E-state index contributed by atoms with van der Waals surface area (Å²) in [5, 5.41) is 0. The third-order valence-corrected chi connectivity index (χ3v) is 3.10. The van der Waals surface area contributed by atoms with Gasteiger partial charge in [-0.05, 0) is 19.4 Å². The van der Waals surface area contributed by atoms with E-state index in [0.29, 0.717) is 6.54 Å². The highest BCUT2D eigenvalue weighted by atomic mass is 16.5. The molecule has 0 saturated heterocycles. The minimum atomic E-state index is 0.447. The van der Waals surface area contributed by atoms with Gasteiger partial charge < -0.3 is 19.6 Å². The summed E-state index contributed by atoms with van der Waals surface area (Å²) >= 11 is 0. The van der Waals surface area contributed by atoms with Crippen molar-refractivity contribution in [1.82, 2.24) is 4.90 Å². The molecule has 0 aliphatic rings. The highest BCUT2D eigenvalue weighted by molar-refractivity contribution is 5.20. The smallest absolute Gasteiger partial charge is 0.118 e. The second-order valence-corrected chi connectivity index (χ2v) is 4.61. The van der Waals surface area contributed by atoms with Crippen molar-refractivity contribution in [2.75, 3.05) is 40.5 Å². The molecule has 5 heteroatoms. The van der Waals surface area contributed by atoms with E-state index >= 15 is 0 Å². The van der Waals surface area contributed by atoms with Crippen LogP contribution in [-0.4, -0.2) is 45.4 Å². The Morgan fingerprint density at radius 1 is 1.21 bits per heavy atom. The summed E-state index contributed by atoms with van der Waals surface area (Å²) < 4.78 is 15.8. The van der Waals surface area contributed by atoms with Crippen LogP contribution in [0.5, 0.6) is 0 Å². The summed E-state index contributed by atoms with van der Waals surface area (Å²) in [6.45, 7) is 6.70. The summed E-state index contributed by atoms with van der Waals surface area (Å²) in [5.74, 6) is 1.80. The lowest BCUT2D eigenvalue weighted by Gasteiger charge is -2.21. The first-order valence-corrected chi connectivity index (χ1v) is 6.69. The van der Waals surface area contributed by atoms with E-state index in [1.807, 2.05) is 13.0 Å². The van der Waals surface area contributed by atoms with Crippen molar-refractivity contribution in [1.29, 1.82) is 0 Å². The molecule has 0 unspecified atom stereocenters. The number of nitrogens with two attached hydrogens (primary N) is 1. The van der Waals surface area contributed by atoms with Gasteiger partial charge in [0.2, 0.25) is 0 Å². The molecular formula is C14H26N2O3. The Hall–Kier alpha value is -0.880. The maximum absolute atomic E-state index is 5.60. The Bertz CT molecular complexity index is 352. The van der Waals surface area contributed by atoms with Crippen LogP contribution in [0.25, 0.3) is 0 Å². The Morgan fingerprint density at radius 3 is 2.53 bits per heavy atom. The van der Waals surface area contributed by atoms with E-state index in [9.17, 15) is 0 Å². The molecule has 0 aliphatic heterocycles. The Labute approximate surface area is 115 Å². The van der Waals surface area contributed by atoms with E-state index in [1.165, 1.54) is 5.56 Å². The van der Waals surface area contributed by atoms with Gasteiger partial charge in [0.05, 0.1) is 13.2 Å². The first kappa shape index (κ1) is 16.2. The molecule has 0 fully saturated rings. The maximum Gasteiger partial charge on any atom is 0.118 e. The van der Waals surface area contributed by atoms with E-state index in [4.69, 9.17) is 19.6 Å². The zero-order valence-electron chi connectivity index (χ0n) is 12.3. The fourth-order valence-electron chi connectivity index (χ4n) is 2.01. The van der Waals surface area contributed by atoms with Gasteiger partial charge in [-0.25, -0.2) is 0 Å². The van der Waals surface area contributed by atoms with Gasteiger partial charge in [0.1, 0.15) is 11.5 Å². The van der Waals surface area contributed by atoms with Crippen LogP contribution in [0.1, 0.15) is 23.5 Å². The fourth-order valence-corrected chi connectivity index (χ4v) is 2.01. The van der Waals surface area contributed by atoms with E-state index in [-0.39, 0.29) is 0 Å². The normalized spacial score (nSPS) is 11.4. The molecule has 0 amide bonds. The minimum Gasteiger partial charge on any atom is -0.465 e. The topological polar surface area (TPSA) is 60.9 Å². The molecule has 0 bridgehead atoms. The molecule has 19 heavy (non-hydrogen) atoms. The van der Waals surface area contributed by atoms with Gasteiger partial charge in [-0.3, -0.25) is 4.90 Å². The van der Waals surface area contributed by atoms with Gasteiger partial charge in [-0.15, -0.1) is 0 Å². The molecule has 1 aromatic rings. The summed E-state index contributed by atoms with van der Waals surface area (Å²) in [4.78, 5) is 2.35. The third kappa shape index (κ3) is 5.74. The number of ether oxygens (including phenoxy) is 2. The zero-order chi connectivity index (χ0) is 14.1. The van der Waals surface area contributed by atoms with Gasteiger partial charge in [0.15, 0.2) is 0 Å². The van der Waals surface area contributed by atoms with Crippen LogP contribution in [0, 0.1) is 6.92 Å². The SMILES string of the molecule is COCCCN(CCOC)Cc1cc(CN)oc1C. The fraction of sp³-hybridized carbons (Fsp3) is 0.714. The lowest BCUT2D eigenvalue weighted by Crippen LogP contribution is -2.28. The maximum atomic E-state index is 5.60. The Balaban J connectivity index is 2.55. The summed E-state index contributed by atoms with van der Waals surface area (Å²) in [5.41, 5.74) is 6.80. The first-order valence-electron chi connectivity index (χ1n) is 6.69. The molecule has 5 nitrogen and oxygen atoms in total. The van der Waals surface area contributed by atoms with Crippen molar-refractivity contribution in [3.05, 3.63) is 23.2 Å². The van der Waals surface area contributed by atoms with Crippen LogP contribution < -0.4 is 5.73 Å². The van der Waals surface area contributed by atoms with E-state index in [0.717, 1.165) is 50.8 Å². The molecule has 1 heterocycles. The quantitative estimate of drug-likeness (QED) is 0.653. The minimum absolute atomic E-state index is 0.447. The third-order valence-electron chi connectivity index (χ3n) is 3.10. The number of hydrogen-bond acceptors (Lipinski definition) is 5. The standard InChI is InChI=1S/C14H26N2O3/c1-12-13(9-14(10-15)19-12)11-16(6-8-18-3)5-4-7-17-2/h9H,4-8,10-11,15H2,1-3H3. The van der Waals surface area contributed by atoms with Crippen LogP contribution in [0.4, 0.5) is 0 Å². The van der Waals surface area contributed by atoms with Crippen LogP contribution in [0.15, 0.2) is 10.5 Å². The molecule has 0 saturated carbocycles. The van der Waals surface area contributed by atoms with Crippen LogP contribution in [0.2, 0.25) is 0 Å². The summed E-state index contributed by atoms with van der Waals surface area (Å²) in [6.07, 6.45) is 1.01. The summed E-state index contributed by atoms with van der Waals surface area (Å²) in [6, 6.07) is 2.05. The number of furan rings is 1. The Morgan fingerprint density at radius 2 is 1.95 bits per heavy atom. The van der Waals surface area contributed by atoms with Gasteiger partial charge in [-0.2, -0.15) is 0 Å². The number of aryl methyl sites for hydroxylation is 1. The summed E-state index contributed by atoms with van der Waals surface area (Å²) in [7, 11) is 3.45. The zero-order valence-corrected chi connectivity index (χ0v) is 12.3. The lowest BCUT2D eigenvalue weighted by atomic mass is 10.2. The second-order valence-electron chi connectivity index (χ2n) is 4.61. The molecular weight excluding hydrogens is 244 g/mol. The van der Waals surface area contributed by atoms with Gasteiger partial charge in [0, 0.05) is 46.0 Å². The van der Waals surface area contributed by atoms with Crippen molar-refractivity contribution in [3.8, 4) is 0 Å². The van der Waals surface area contributed by atoms with Crippen molar-refractivity contribution < 1.29 is 13.9 Å². The predicted molar refractivity (Wildman–Crippen MR) is 75.0 cm³/mol. The molecule has 0 radical (unpaired) electrons. The number of hydrogen-bond donors (Lipinski definition) is 1.